The molecule has 0 radical (unpaired) electrons. The number of hydrogen-bond donors (Lipinski definition) is 3. The minimum absolute atomic E-state index is 0.163. The molecule has 0 aliphatic carbocycles. The van der Waals surface area contributed by atoms with Crippen LogP contribution in [0.3, 0.4) is 0 Å². The third-order valence-electron chi connectivity index (χ3n) is 3.42. The number of anilines is 2. The molecule has 0 unspecified atom stereocenters. The Kier molecular flexibility index (Phi) is 5.20. The summed E-state index contributed by atoms with van der Waals surface area (Å²) < 4.78 is 0.674. The van der Waals surface area contributed by atoms with Crippen molar-refractivity contribution in [1.29, 1.82) is 0 Å². The smallest absolute Gasteiger partial charge is 0.210 e. The Hall–Kier alpha value is -2.58. The monoisotopic (exact) mass is 373 g/mol. The average Bonchev–Trinajstić information content (AvgIpc) is 3.05. The van der Waals surface area contributed by atoms with Crippen LogP contribution in [0.15, 0.2) is 46.8 Å². The summed E-state index contributed by atoms with van der Waals surface area (Å²) in [5.74, 6) is -0.552. The number of Topliss-reactive ketones (excluding diaryl/α,β-unsaturated/α-hetero) is 1. The van der Waals surface area contributed by atoms with Gasteiger partial charge in [0.2, 0.25) is 5.13 Å². The summed E-state index contributed by atoms with van der Waals surface area (Å²) in [7, 11) is 0. The molecule has 8 heteroatoms. The van der Waals surface area contributed by atoms with Gasteiger partial charge in [-0.2, -0.15) is 0 Å². The number of aromatic nitrogens is 2. The molecular formula is C17H15N3O3S2. The van der Waals surface area contributed by atoms with Gasteiger partial charge in [-0.1, -0.05) is 41.3 Å². The second-order valence-corrected chi connectivity index (χ2v) is 7.43. The maximum Gasteiger partial charge on any atom is 0.210 e. The highest BCUT2D eigenvalue weighted by molar-refractivity contribution is 8.01. The van der Waals surface area contributed by atoms with Crippen LogP contribution in [0.5, 0.6) is 11.5 Å². The van der Waals surface area contributed by atoms with Crippen molar-refractivity contribution in [3.05, 3.63) is 53.6 Å². The molecule has 0 spiro atoms. The van der Waals surface area contributed by atoms with Gasteiger partial charge in [0.1, 0.15) is 0 Å². The van der Waals surface area contributed by atoms with Crippen LogP contribution in [-0.2, 0) is 0 Å². The maximum absolute atomic E-state index is 12.2. The predicted molar refractivity (Wildman–Crippen MR) is 99.2 cm³/mol. The van der Waals surface area contributed by atoms with Gasteiger partial charge < -0.3 is 15.5 Å². The molecule has 25 heavy (non-hydrogen) atoms. The highest BCUT2D eigenvalue weighted by atomic mass is 32.2. The van der Waals surface area contributed by atoms with E-state index in [1.807, 2.05) is 31.2 Å². The number of ketones is 1. The van der Waals surface area contributed by atoms with Gasteiger partial charge in [-0.3, -0.25) is 4.79 Å². The number of phenolic OH excluding ortho intramolecular Hbond substituents is 2. The van der Waals surface area contributed by atoms with Crippen molar-refractivity contribution >= 4 is 39.7 Å². The maximum atomic E-state index is 12.2. The van der Waals surface area contributed by atoms with E-state index in [0.29, 0.717) is 15.0 Å². The van der Waals surface area contributed by atoms with Crippen molar-refractivity contribution in [1.82, 2.24) is 10.2 Å². The van der Waals surface area contributed by atoms with E-state index in [1.54, 1.807) is 0 Å². The molecule has 6 nitrogen and oxygen atoms in total. The summed E-state index contributed by atoms with van der Waals surface area (Å²) in [6.07, 6.45) is 0. The normalized spacial score (nSPS) is 10.6. The van der Waals surface area contributed by atoms with Crippen LogP contribution in [0, 0.1) is 6.92 Å². The van der Waals surface area contributed by atoms with E-state index in [9.17, 15) is 15.0 Å². The molecule has 0 bridgehead atoms. The minimum atomic E-state index is -0.309. The molecule has 0 fully saturated rings. The average molecular weight is 373 g/mol. The molecule has 0 aliphatic rings. The molecule has 3 N–H and O–H groups in total. The molecule has 3 aromatic rings. The minimum Gasteiger partial charge on any atom is -0.504 e. The second-order valence-electron chi connectivity index (χ2n) is 5.23. The number of hydrogen-bond acceptors (Lipinski definition) is 8. The van der Waals surface area contributed by atoms with Crippen molar-refractivity contribution in [2.75, 3.05) is 11.1 Å². The van der Waals surface area contributed by atoms with E-state index < -0.39 is 0 Å². The van der Waals surface area contributed by atoms with Crippen LogP contribution in [-0.4, -0.2) is 31.9 Å². The molecule has 0 amide bonds. The van der Waals surface area contributed by atoms with E-state index in [1.165, 1.54) is 41.3 Å². The third-order valence-corrected chi connectivity index (χ3v) is 5.39. The lowest BCUT2D eigenvalue weighted by Crippen LogP contribution is -2.01. The van der Waals surface area contributed by atoms with Crippen molar-refractivity contribution in [3.63, 3.8) is 0 Å². The zero-order chi connectivity index (χ0) is 17.8. The van der Waals surface area contributed by atoms with E-state index in [-0.39, 0.29) is 23.0 Å². The Balaban J connectivity index is 1.61. The quantitative estimate of drug-likeness (QED) is 0.342. The summed E-state index contributed by atoms with van der Waals surface area (Å²) in [4.78, 5) is 12.2. The van der Waals surface area contributed by atoms with Gasteiger partial charge in [0.15, 0.2) is 21.6 Å². The van der Waals surface area contributed by atoms with Gasteiger partial charge in [0, 0.05) is 11.3 Å². The lowest BCUT2D eigenvalue weighted by molar-refractivity contribution is 0.102. The zero-order valence-corrected chi connectivity index (χ0v) is 14.9. The van der Waals surface area contributed by atoms with Crippen LogP contribution in [0.25, 0.3) is 0 Å². The van der Waals surface area contributed by atoms with Crippen molar-refractivity contribution in [3.8, 4) is 11.5 Å². The Morgan fingerprint density at radius 3 is 2.72 bits per heavy atom. The van der Waals surface area contributed by atoms with E-state index in [2.05, 4.69) is 15.5 Å². The third kappa shape index (κ3) is 4.28. The number of thioether (sulfide) groups is 1. The number of carbonyl (C=O) groups is 1. The van der Waals surface area contributed by atoms with Gasteiger partial charge in [0.05, 0.1) is 5.75 Å². The second kappa shape index (κ2) is 7.54. The summed E-state index contributed by atoms with van der Waals surface area (Å²) >= 11 is 2.65. The number of para-hydroxylation sites is 1. The number of aromatic hydroxyl groups is 2. The number of benzene rings is 2. The summed E-state index contributed by atoms with van der Waals surface area (Å²) in [6.45, 7) is 2.00. The first-order valence-corrected chi connectivity index (χ1v) is 9.17. The predicted octanol–water partition coefficient (Wildman–Crippen LogP) is 3.98. The molecule has 0 saturated heterocycles. The van der Waals surface area contributed by atoms with Gasteiger partial charge in [-0.05, 0) is 36.8 Å². The fourth-order valence-electron chi connectivity index (χ4n) is 2.05. The summed E-state index contributed by atoms with van der Waals surface area (Å²) in [6, 6.07) is 11.9. The van der Waals surface area contributed by atoms with Crippen LogP contribution in [0.2, 0.25) is 0 Å². The molecule has 0 atom stereocenters. The Morgan fingerprint density at radius 2 is 1.96 bits per heavy atom. The number of phenols is 2. The molecule has 0 aliphatic heterocycles. The molecule has 2 aromatic carbocycles. The highest BCUT2D eigenvalue weighted by Gasteiger charge is 2.12. The van der Waals surface area contributed by atoms with Gasteiger partial charge in [-0.15, -0.1) is 10.2 Å². The zero-order valence-electron chi connectivity index (χ0n) is 13.3. The number of nitrogens with zero attached hydrogens (tertiary/aromatic N) is 2. The van der Waals surface area contributed by atoms with Crippen LogP contribution >= 0.6 is 23.1 Å². The van der Waals surface area contributed by atoms with E-state index >= 15 is 0 Å². The standard InChI is InChI=1S/C17H15N3O3S2/c1-10-4-2-3-5-12(10)18-16-19-20-17(25-16)24-9-15(23)11-6-7-13(21)14(22)8-11/h2-8,21-22H,9H2,1H3,(H,18,19). The Morgan fingerprint density at radius 1 is 1.16 bits per heavy atom. The molecule has 1 aromatic heterocycles. The fraction of sp³-hybridized carbons (Fsp3) is 0.118. The number of carbonyl (C=O) groups excluding carboxylic acids is 1. The summed E-state index contributed by atoms with van der Waals surface area (Å²) in [5.41, 5.74) is 2.41. The largest absolute Gasteiger partial charge is 0.504 e. The van der Waals surface area contributed by atoms with Crippen LogP contribution in [0.4, 0.5) is 10.8 Å². The van der Waals surface area contributed by atoms with Crippen molar-refractivity contribution < 1.29 is 15.0 Å². The first-order valence-electron chi connectivity index (χ1n) is 7.37. The SMILES string of the molecule is Cc1ccccc1Nc1nnc(SCC(=O)c2ccc(O)c(O)c2)s1. The van der Waals surface area contributed by atoms with E-state index in [4.69, 9.17) is 0 Å². The topological polar surface area (TPSA) is 95.3 Å². The molecule has 3 rings (SSSR count). The Labute approximate surface area is 152 Å². The first kappa shape index (κ1) is 17.2. The number of rotatable bonds is 6. The highest BCUT2D eigenvalue weighted by Crippen LogP contribution is 2.30. The van der Waals surface area contributed by atoms with Crippen molar-refractivity contribution in [2.24, 2.45) is 0 Å². The van der Waals surface area contributed by atoms with Crippen molar-refractivity contribution in [2.45, 2.75) is 11.3 Å². The van der Waals surface area contributed by atoms with Gasteiger partial charge in [-0.25, -0.2) is 0 Å². The van der Waals surface area contributed by atoms with Gasteiger partial charge in [0.25, 0.3) is 0 Å². The molecule has 0 saturated carbocycles. The van der Waals surface area contributed by atoms with Crippen LogP contribution in [0.1, 0.15) is 15.9 Å². The van der Waals surface area contributed by atoms with Gasteiger partial charge >= 0.3 is 0 Å². The summed E-state index contributed by atoms with van der Waals surface area (Å²) in [5, 5.41) is 30.8. The number of aryl methyl sites for hydroxylation is 1. The van der Waals surface area contributed by atoms with Crippen LogP contribution < -0.4 is 5.32 Å². The lowest BCUT2D eigenvalue weighted by atomic mass is 10.1. The van der Waals surface area contributed by atoms with E-state index in [0.717, 1.165) is 11.3 Å². The Bertz CT molecular complexity index is 912. The lowest BCUT2D eigenvalue weighted by Gasteiger charge is -2.04. The molecule has 128 valence electrons. The fourth-order valence-corrected chi connectivity index (χ4v) is 3.71. The molecular weight excluding hydrogens is 358 g/mol. The molecule has 1 heterocycles. The number of nitrogens with one attached hydrogen (secondary N) is 1. The first-order chi connectivity index (χ1) is 12.0.